The maximum Gasteiger partial charge on any atom is 0.417 e. The molecule has 1 aliphatic rings. The lowest BCUT2D eigenvalue weighted by molar-refractivity contribution is -0.137. The Morgan fingerprint density at radius 1 is 1.09 bits per heavy atom. The molecule has 0 amide bonds. The Labute approximate surface area is 201 Å². The molecule has 1 fully saturated rings. The number of rotatable bonds is 8. The summed E-state index contributed by atoms with van der Waals surface area (Å²) in [4.78, 5) is 14.9. The molecule has 0 bridgehead atoms. The van der Waals surface area contributed by atoms with E-state index < -0.39 is 11.7 Å². The van der Waals surface area contributed by atoms with Crippen LogP contribution < -0.4 is 21.3 Å². The van der Waals surface area contributed by atoms with E-state index in [2.05, 4.69) is 25.6 Å². The van der Waals surface area contributed by atoms with Crippen molar-refractivity contribution in [3.05, 3.63) is 53.7 Å². The molecule has 4 rings (SSSR count). The second kappa shape index (κ2) is 11.0. The van der Waals surface area contributed by atoms with Crippen LogP contribution in [0.2, 0.25) is 0 Å². The van der Waals surface area contributed by atoms with Crippen molar-refractivity contribution in [2.45, 2.75) is 12.7 Å². The third kappa shape index (κ3) is 6.24. The van der Waals surface area contributed by atoms with Gasteiger partial charge in [-0.15, -0.1) is 0 Å². The molecule has 0 aliphatic carbocycles. The largest absolute Gasteiger partial charge is 0.417 e. The monoisotopic (exact) mass is 487 g/mol. The van der Waals surface area contributed by atoms with Gasteiger partial charge in [0.2, 0.25) is 0 Å². The van der Waals surface area contributed by atoms with Crippen molar-refractivity contribution in [3.8, 4) is 22.6 Å². The fourth-order valence-electron chi connectivity index (χ4n) is 3.83. The molecule has 0 atom stereocenters. The first-order valence-electron chi connectivity index (χ1n) is 11.3. The molecular formula is C24H28F3N7O. The second-order valence-electron chi connectivity index (χ2n) is 8.17. The van der Waals surface area contributed by atoms with Gasteiger partial charge in [-0.05, 0) is 24.7 Å². The minimum atomic E-state index is -4.64. The molecule has 2 aromatic heterocycles. The number of hydrogen-bond donors (Lipinski definition) is 3. The van der Waals surface area contributed by atoms with Crippen LogP contribution in [0.4, 0.5) is 24.8 Å². The number of nitrogen functional groups attached to an aromatic ring is 1. The molecule has 1 aromatic carbocycles. The van der Waals surface area contributed by atoms with Crippen LogP contribution in [-0.2, 0) is 17.5 Å². The summed E-state index contributed by atoms with van der Waals surface area (Å²) in [5, 5.41) is 6.43. The number of morpholine rings is 1. The number of nitrogens with two attached hydrogens (primary N) is 1. The lowest BCUT2D eigenvalue weighted by Gasteiger charge is -2.28. The molecule has 4 N–H and O–H groups in total. The Morgan fingerprint density at radius 3 is 2.63 bits per heavy atom. The van der Waals surface area contributed by atoms with Crippen LogP contribution >= 0.6 is 0 Å². The number of benzene rings is 1. The summed E-state index contributed by atoms with van der Waals surface area (Å²) in [6, 6.07) is 10.4. The zero-order chi connectivity index (χ0) is 24.8. The third-order valence-electron chi connectivity index (χ3n) is 5.62. The Hall–Kier alpha value is -3.28. The summed E-state index contributed by atoms with van der Waals surface area (Å²) in [5.41, 5.74) is 6.78. The van der Waals surface area contributed by atoms with Gasteiger partial charge in [-0.3, -0.25) is 0 Å². The normalized spacial score (nSPS) is 14.3. The average molecular weight is 488 g/mol. The summed E-state index contributed by atoms with van der Waals surface area (Å²) in [7, 11) is 1.89. The molecule has 3 aromatic rings. The van der Waals surface area contributed by atoms with Gasteiger partial charge in [0, 0.05) is 56.1 Å². The van der Waals surface area contributed by atoms with E-state index in [0.717, 1.165) is 36.5 Å². The van der Waals surface area contributed by atoms with Crippen LogP contribution in [0.25, 0.3) is 22.6 Å². The van der Waals surface area contributed by atoms with E-state index in [0.29, 0.717) is 44.4 Å². The first kappa shape index (κ1) is 24.8. The van der Waals surface area contributed by atoms with Gasteiger partial charge in [-0.1, -0.05) is 18.2 Å². The van der Waals surface area contributed by atoms with E-state index in [1.807, 2.05) is 36.2 Å². The molecule has 35 heavy (non-hydrogen) atoms. The lowest BCUT2D eigenvalue weighted by Crippen LogP contribution is -2.36. The van der Waals surface area contributed by atoms with Gasteiger partial charge >= 0.3 is 6.18 Å². The fourth-order valence-corrected chi connectivity index (χ4v) is 3.83. The Balaban J connectivity index is 1.77. The Kier molecular flexibility index (Phi) is 7.79. The smallest absolute Gasteiger partial charge is 0.384 e. The highest BCUT2D eigenvalue weighted by Crippen LogP contribution is 2.37. The van der Waals surface area contributed by atoms with Crippen molar-refractivity contribution in [1.29, 1.82) is 0 Å². The molecule has 0 saturated carbocycles. The summed E-state index contributed by atoms with van der Waals surface area (Å²) < 4.78 is 47.0. The van der Waals surface area contributed by atoms with E-state index in [1.54, 1.807) is 6.07 Å². The van der Waals surface area contributed by atoms with Crippen molar-refractivity contribution in [2.24, 2.45) is 0 Å². The van der Waals surface area contributed by atoms with Crippen LogP contribution in [0.5, 0.6) is 0 Å². The quantitative estimate of drug-likeness (QED) is 0.417. The van der Waals surface area contributed by atoms with Gasteiger partial charge in [0.1, 0.15) is 11.6 Å². The zero-order valence-electron chi connectivity index (χ0n) is 19.4. The molecule has 0 radical (unpaired) electrons. The number of alkyl halides is 3. The standard InChI is InChI=1S/C24H28F3N7O/c1-29-5-6-30-14-16-3-2-4-17(11-16)20-13-22(34-7-9-35-10-8-34)33-23(32-20)18-15-31-21(28)12-19(18)24(25,26)27/h2-4,11-13,15,29-30H,5-10,14H2,1H3,(H2,28,31). The highest BCUT2D eigenvalue weighted by molar-refractivity contribution is 5.70. The van der Waals surface area contributed by atoms with Crippen LogP contribution in [-0.4, -0.2) is 61.4 Å². The molecule has 186 valence electrons. The van der Waals surface area contributed by atoms with E-state index in [4.69, 9.17) is 10.5 Å². The number of likely N-dealkylation sites (N-methyl/N-ethyl adjacent to an activating group) is 1. The number of aromatic nitrogens is 3. The van der Waals surface area contributed by atoms with Gasteiger partial charge in [0.25, 0.3) is 0 Å². The van der Waals surface area contributed by atoms with Crippen LogP contribution in [0.1, 0.15) is 11.1 Å². The number of nitrogens with zero attached hydrogens (tertiary/aromatic N) is 4. The molecule has 1 aliphatic heterocycles. The summed E-state index contributed by atoms with van der Waals surface area (Å²) in [6.45, 7) is 4.50. The zero-order valence-corrected chi connectivity index (χ0v) is 19.4. The number of hydrogen-bond acceptors (Lipinski definition) is 8. The van der Waals surface area contributed by atoms with Crippen LogP contribution in [0.3, 0.4) is 0 Å². The summed E-state index contributed by atoms with van der Waals surface area (Å²) in [5.74, 6) is 0.265. The summed E-state index contributed by atoms with van der Waals surface area (Å²) >= 11 is 0. The minimum absolute atomic E-state index is 0.0543. The predicted octanol–water partition coefficient (Wildman–Crippen LogP) is 2.95. The third-order valence-corrected chi connectivity index (χ3v) is 5.62. The van der Waals surface area contributed by atoms with Gasteiger partial charge in [0.15, 0.2) is 5.82 Å². The Bertz CT molecular complexity index is 1150. The van der Waals surface area contributed by atoms with Crippen molar-refractivity contribution in [2.75, 3.05) is 57.1 Å². The highest BCUT2D eigenvalue weighted by Gasteiger charge is 2.35. The predicted molar refractivity (Wildman–Crippen MR) is 129 cm³/mol. The van der Waals surface area contributed by atoms with Gasteiger partial charge in [-0.25, -0.2) is 15.0 Å². The first-order chi connectivity index (χ1) is 16.8. The average Bonchev–Trinajstić information content (AvgIpc) is 2.86. The van der Waals surface area contributed by atoms with Gasteiger partial charge < -0.3 is 26.0 Å². The van der Waals surface area contributed by atoms with E-state index in [9.17, 15) is 13.2 Å². The van der Waals surface area contributed by atoms with Crippen molar-refractivity contribution in [1.82, 2.24) is 25.6 Å². The maximum absolute atomic E-state index is 13.8. The van der Waals surface area contributed by atoms with E-state index in [-0.39, 0.29) is 17.2 Å². The maximum atomic E-state index is 13.8. The topological polar surface area (TPSA) is 101 Å². The molecule has 8 nitrogen and oxygen atoms in total. The van der Waals surface area contributed by atoms with Crippen LogP contribution in [0.15, 0.2) is 42.6 Å². The Morgan fingerprint density at radius 2 is 1.89 bits per heavy atom. The molecule has 0 unspecified atom stereocenters. The number of pyridine rings is 1. The number of anilines is 2. The minimum Gasteiger partial charge on any atom is -0.384 e. The van der Waals surface area contributed by atoms with Crippen molar-refractivity contribution >= 4 is 11.6 Å². The van der Waals surface area contributed by atoms with E-state index >= 15 is 0 Å². The van der Waals surface area contributed by atoms with Gasteiger partial charge in [-0.2, -0.15) is 13.2 Å². The summed E-state index contributed by atoms with van der Waals surface area (Å²) in [6.07, 6.45) is -3.55. The molecule has 0 spiro atoms. The highest BCUT2D eigenvalue weighted by atomic mass is 19.4. The fraction of sp³-hybridized carbons (Fsp3) is 0.375. The molecule has 3 heterocycles. The molecule has 1 saturated heterocycles. The molecule has 11 heteroatoms. The number of ether oxygens (including phenoxy) is 1. The lowest BCUT2D eigenvalue weighted by atomic mass is 10.1. The first-order valence-corrected chi connectivity index (χ1v) is 11.3. The van der Waals surface area contributed by atoms with E-state index in [1.165, 1.54) is 0 Å². The van der Waals surface area contributed by atoms with Crippen molar-refractivity contribution < 1.29 is 17.9 Å². The van der Waals surface area contributed by atoms with Gasteiger partial charge in [0.05, 0.1) is 24.5 Å². The second-order valence-corrected chi connectivity index (χ2v) is 8.17. The number of halogens is 3. The number of nitrogens with one attached hydrogen (secondary N) is 2. The van der Waals surface area contributed by atoms with Crippen LogP contribution in [0, 0.1) is 0 Å². The van der Waals surface area contributed by atoms with Crippen molar-refractivity contribution in [3.63, 3.8) is 0 Å². The SMILES string of the molecule is CNCCNCc1cccc(-c2cc(N3CCOCC3)nc(-c3cnc(N)cc3C(F)(F)F)n2)c1. The molecular weight excluding hydrogens is 459 g/mol.